The Kier molecular flexibility index (Phi) is 4.22. The summed E-state index contributed by atoms with van der Waals surface area (Å²) in [5.74, 6) is 1.74. The number of phenolic OH excluding ortho intramolecular Hbond substituents is 1. The van der Waals surface area contributed by atoms with Crippen LogP contribution in [0.2, 0.25) is 0 Å². The first kappa shape index (κ1) is 15.5. The molecule has 3 aromatic rings. The lowest BCUT2D eigenvalue weighted by Crippen LogP contribution is -2.15. The molecule has 0 saturated heterocycles. The molecule has 2 heterocycles. The van der Waals surface area contributed by atoms with Gasteiger partial charge in [-0.25, -0.2) is 4.98 Å². The average molecular weight is 353 g/mol. The topological polar surface area (TPSA) is 76.0 Å². The van der Waals surface area contributed by atoms with Gasteiger partial charge in [0.15, 0.2) is 11.5 Å². The van der Waals surface area contributed by atoms with Crippen LogP contribution in [0.1, 0.15) is 5.56 Å². The van der Waals surface area contributed by atoms with Gasteiger partial charge in [0, 0.05) is 10.9 Å². The van der Waals surface area contributed by atoms with Gasteiger partial charge in [0.25, 0.3) is 0 Å². The fourth-order valence-electron chi connectivity index (χ4n) is 2.38. The van der Waals surface area contributed by atoms with Crippen molar-refractivity contribution in [3.8, 4) is 28.5 Å². The minimum Gasteiger partial charge on any atom is -0.508 e. The number of rotatable bonds is 4. The van der Waals surface area contributed by atoms with Gasteiger partial charge in [-0.3, -0.25) is 5.43 Å². The van der Waals surface area contributed by atoms with Gasteiger partial charge in [-0.05, 0) is 48.0 Å². The minimum absolute atomic E-state index is 0.231. The zero-order chi connectivity index (χ0) is 17.1. The molecule has 25 heavy (non-hydrogen) atoms. The lowest BCUT2D eigenvalue weighted by atomic mass is 10.1. The van der Waals surface area contributed by atoms with Crippen LogP contribution in [-0.2, 0) is 0 Å². The van der Waals surface area contributed by atoms with E-state index in [1.54, 1.807) is 30.5 Å². The molecule has 7 heteroatoms. The molecule has 4 rings (SSSR count). The van der Waals surface area contributed by atoms with Crippen molar-refractivity contribution in [2.45, 2.75) is 0 Å². The Bertz CT molecular complexity index is 906. The van der Waals surface area contributed by atoms with E-state index in [1.165, 1.54) is 11.3 Å². The fourth-order valence-corrected chi connectivity index (χ4v) is 3.05. The smallest absolute Gasteiger partial charge is 0.203 e. The molecule has 1 aliphatic heterocycles. The molecule has 0 amide bonds. The fraction of sp³-hybridized carbons (Fsp3) is 0.111. The van der Waals surface area contributed by atoms with Crippen LogP contribution in [0, 0.1) is 0 Å². The van der Waals surface area contributed by atoms with E-state index in [9.17, 15) is 5.11 Å². The molecule has 0 bridgehead atoms. The van der Waals surface area contributed by atoms with Crippen molar-refractivity contribution in [3.63, 3.8) is 0 Å². The highest BCUT2D eigenvalue weighted by atomic mass is 32.1. The third-order valence-corrected chi connectivity index (χ3v) is 4.36. The molecule has 0 aliphatic carbocycles. The van der Waals surface area contributed by atoms with Crippen LogP contribution >= 0.6 is 11.3 Å². The molecule has 126 valence electrons. The summed E-state index contributed by atoms with van der Waals surface area (Å²) < 4.78 is 11.1. The van der Waals surface area contributed by atoms with Gasteiger partial charge >= 0.3 is 0 Å². The molecular formula is C18H15N3O3S. The van der Waals surface area contributed by atoms with Crippen molar-refractivity contribution >= 4 is 22.7 Å². The third kappa shape index (κ3) is 3.56. The van der Waals surface area contributed by atoms with Crippen LogP contribution in [0.3, 0.4) is 0 Å². The number of benzene rings is 2. The molecule has 1 aromatic heterocycles. The highest BCUT2D eigenvalue weighted by Crippen LogP contribution is 2.35. The maximum Gasteiger partial charge on any atom is 0.203 e. The van der Waals surface area contributed by atoms with Crippen molar-refractivity contribution in [2.24, 2.45) is 5.10 Å². The zero-order valence-corrected chi connectivity index (χ0v) is 14.0. The molecular weight excluding hydrogens is 338 g/mol. The number of hydrogen-bond donors (Lipinski definition) is 2. The lowest BCUT2D eigenvalue weighted by molar-refractivity contribution is 0.171. The van der Waals surface area contributed by atoms with Gasteiger partial charge in [-0.1, -0.05) is 0 Å². The summed E-state index contributed by atoms with van der Waals surface area (Å²) in [4.78, 5) is 4.53. The number of nitrogens with one attached hydrogen (secondary N) is 1. The number of aromatic hydroxyl groups is 1. The van der Waals surface area contributed by atoms with Gasteiger partial charge in [0.05, 0.1) is 11.9 Å². The normalized spacial score (nSPS) is 13.1. The maximum absolute atomic E-state index is 9.26. The Morgan fingerprint density at radius 3 is 2.72 bits per heavy atom. The molecule has 0 unspecified atom stereocenters. The van der Waals surface area contributed by atoms with E-state index in [1.807, 2.05) is 23.6 Å². The molecule has 0 spiro atoms. The Morgan fingerprint density at radius 1 is 1.08 bits per heavy atom. The monoisotopic (exact) mass is 353 g/mol. The van der Waals surface area contributed by atoms with Crippen molar-refractivity contribution in [1.82, 2.24) is 4.98 Å². The second-order valence-electron chi connectivity index (χ2n) is 5.36. The van der Waals surface area contributed by atoms with Gasteiger partial charge in [-0.2, -0.15) is 5.10 Å². The zero-order valence-electron chi connectivity index (χ0n) is 13.2. The lowest BCUT2D eigenvalue weighted by Gasteiger charge is -2.18. The maximum atomic E-state index is 9.26. The predicted octanol–water partition coefficient (Wildman–Crippen LogP) is 3.73. The summed E-state index contributed by atoms with van der Waals surface area (Å²) in [7, 11) is 0. The van der Waals surface area contributed by atoms with E-state index in [2.05, 4.69) is 15.5 Å². The first-order valence-corrected chi connectivity index (χ1v) is 8.59. The first-order chi connectivity index (χ1) is 12.3. The summed E-state index contributed by atoms with van der Waals surface area (Å²) in [6, 6.07) is 12.6. The summed E-state index contributed by atoms with van der Waals surface area (Å²) in [5, 5.41) is 16.1. The van der Waals surface area contributed by atoms with E-state index in [4.69, 9.17) is 9.47 Å². The van der Waals surface area contributed by atoms with Crippen LogP contribution in [0.5, 0.6) is 17.2 Å². The van der Waals surface area contributed by atoms with Crippen molar-refractivity contribution < 1.29 is 14.6 Å². The number of hydrazone groups is 1. The quantitative estimate of drug-likeness (QED) is 0.552. The number of phenols is 1. The Hall–Kier alpha value is -3.06. The standard InChI is InChI=1S/C18H15N3O3S/c22-14-4-1-12(2-5-14)10-19-21-18-20-15(11-25-18)13-3-6-16-17(9-13)24-8-7-23-16/h1-6,9-11,22H,7-8H2,(H,20,21)/b19-10-. The molecule has 0 fully saturated rings. The van der Waals surface area contributed by atoms with Gasteiger partial charge < -0.3 is 14.6 Å². The molecule has 2 N–H and O–H groups in total. The molecule has 1 aliphatic rings. The van der Waals surface area contributed by atoms with Crippen LogP contribution in [-0.4, -0.2) is 29.5 Å². The van der Waals surface area contributed by atoms with Gasteiger partial charge in [0.1, 0.15) is 19.0 Å². The summed E-state index contributed by atoms with van der Waals surface area (Å²) >= 11 is 1.47. The number of ether oxygens (including phenoxy) is 2. The van der Waals surface area contributed by atoms with E-state index < -0.39 is 0 Å². The highest BCUT2D eigenvalue weighted by molar-refractivity contribution is 7.14. The van der Waals surface area contributed by atoms with Crippen LogP contribution < -0.4 is 14.9 Å². The van der Waals surface area contributed by atoms with E-state index >= 15 is 0 Å². The van der Waals surface area contributed by atoms with E-state index in [0.717, 1.165) is 28.3 Å². The Morgan fingerprint density at radius 2 is 1.88 bits per heavy atom. The number of hydrogen-bond acceptors (Lipinski definition) is 7. The van der Waals surface area contributed by atoms with Crippen LogP contribution in [0.25, 0.3) is 11.3 Å². The van der Waals surface area contributed by atoms with E-state index in [-0.39, 0.29) is 5.75 Å². The van der Waals surface area contributed by atoms with Gasteiger partial charge in [-0.15, -0.1) is 11.3 Å². The molecule has 0 radical (unpaired) electrons. The molecule has 2 aromatic carbocycles. The predicted molar refractivity (Wildman–Crippen MR) is 97.9 cm³/mol. The van der Waals surface area contributed by atoms with Gasteiger partial charge in [0.2, 0.25) is 5.13 Å². The second kappa shape index (κ2) is 6.82. The number of fused-ring (bicyclic) bond motifs is 1. The largest absolute Gasteiger partial charge is 0.508 e. The number of aromatic nitrogens is 1. The molecule has 0 saturated carbocycles. The minimum atomic E-state index is 0.231. The van der Waals surface area contributed by atoms with Crippen LogP contribution in [0.4, 0.5) is 5.13 Å². The van der Waals surface area contributed by atoms with E-state index in [0.29, 0.717) is 18.3 Å². The Balaban J connectivity index is 1.46. The second-order valence-corrected chi connectivity index (χ2v) is 6.22. The third-order valence-electron chi connectivity index (χ3n) is 3.61. The number of thiazole rings is 1. The Labute approximate surface area is 148 Å². The summed E-state index contributed by atoms with van der Waals surface area (Å²) in [6.07, 6.45) is 1.67. The molecule has 0 atom stereocenters. The number of anilines is 1. The SMILES string of the molecule is Oc1ccc(/C=N\Nc2nc(-c3ccc4c(c3)OCCO4)cs2)cc1. The van der Waals surface area contributed by atoms with Crippen molar-refractivity contribution in [1.29, 1.82) is 0 Å². The first-order valence-electron chi connectivity index (χ1n) is 7.71. The summed E-state index contributed by atoms with van der Waals surface area (Å²) in [6.45, 7) is 1.14. The number of nitrogens with zero attached hydrogens (tertiary/aromatic N) is 2. The molecule has 6 nitrogen and oxygen atoms in total. The van der Waals surface area contributed by atoms with Crippen molar-refractivity contribution in [2.75, 3.05) is 18.6 Å². The summed E-state index contributed by atoms with van der Waals surface area (Å²) in [5.41, 5.74) is 5.62. The van der Waals surface area contributed by atoms with Crippen LogP contribution in [0.15, 0.2) is 52.9 Å². The van der Waals surface area contributed by atoms with Crippen molar-refractivity contribution in [3.05, 3.63) is 53.4 Å². The highest BCUT2D eigenvalue weighted by Gasteiger charge is 2.13. The average Bonchev–Trinajstić information content (AvgIpc) is 3.12.